The van der Waals surface area contributed by atoms with Gasteiger partial charge in [0.1, 0.15) is 5.76 Å². The number of carbonyl (C=O) groups excluding carboxylic acids is 1. The minimum Gasteiger partial charge on any atom is -0.492 e. The predicted molar refractivity (Wildman–Crippen MR) is 121 cm³/mol. The lowest BCUT2D eigenvalue weighted by molar-refractivity contribution is 0.0899. The molecular weight excluding hydrogens is 453 g/mol. The molecule has 0 saturated carbocycles. The maximum Gasteiger partial charge on any atom is 0.231 e. The van der Waals surface area contributed by atoms with Crippen LogP contribution in [0.15, 0.2) is 40.8 Å². The zero-order valence-corrected chi connectivity index (χ0v) is 19.1. The predicted octanol–water partition coefficient (Wildman–Crippen LogP) is 5.79. The van der Waals surface area contributed by atoms with E-state index in [0.29, 0.717) is 38.6 Å². The first-order chi connectivity index (χ1) is 15.5. The summed E-state index contributed by atoms with van der Waals surface area (Å²) in [4.78, 5) is 15.4. The van der Waals surface area contributed by atoms with Crippen LogP contribution in [0.3, 0.4) is 0 Å². The van der Waals surface area contributed by atoms with E-state index in [1.165, 1.54) is 0 Å². The van der Waals surface area contributed by atoms with Gasteiger partial charge in [-0.1, -0.05) is 23.2 Å². The van der Waals surface area contributed by atoms with Gasteiger partial charge in [0.05, 0.1) is 12.1 Å². The molecule has 0 aliphatic carbocycles. The van der Waals surface area contributed by atoms with Crippen molar-refractivity contribution in [1.29, 1.82) is 0 Å². The minimum absolute atomic E-state index is 0.112. The number of fused-ring (bicyclic) bond motifs is 2. The average molecular weight is 474 g/mol. The van der Waals surface area contributed by atoms with E-state index in [1.54, 1.807) is 37.4 Å². The minimum atomic E-state index is -0.181. The van der Waals surface area contributed by atoms with Crippen molar-refractivity contribution in [3.05, 3.63) is 63.3 Å². The van der Waals surface area contributed by atoms with E-state index in [0.717, 1.165) is 24.1 Å². The number of furan rings is 1. The summed E-state index contributed by atoms with van der Waals surface area (Å²) in [7, 11) is 3.61. The highest BCUT2D eigenvalue weighted by Crippen LogP contribution is 2.50. The Labute approximate surface area is 195 Å². The van der Waals surface area contributed by atoms with Crippen LogP contribution in [0.1, 0.15) is 34.1 Å². The molecule has 2 aromatic carbocycles. The van der Waals surface area contributed by atoms with Gasteiger partial charge in [0.25, 0.3) is 0 Å². The SMILES string of the molecule is COc1c2c(cc3c1C(CC(=O)c1ccc(-c4cc(Cl)ccc4Cl)o1)N(C)CC3)OCO2. The van der Waals surface area contributed by atoms with Crippen LogP contribution in [0, 0.1) is 0 Å². The van der Waals surface area contributed by atoms with E-state index >= 15 is 0 Å². The van der Waals surface area contributed by atoms with Crippen molar-refractivity contribution in [3.63, 3.8) is 0 Å². The normalized spacial score (nSPS) is 17.3. The van der Waals surface area contributed by atoms with Crippen molar-refractivity contribution in [2.75, 3.05) is 27.5 Å². The van der Waals surface area contributed by atoms with Gasteiger partial charge in [-0.15, -0.1) is 0 Å². The Morgan fingerprint density at radius 1 is 1.19 bits per heavy atom. The fourth-order valence-corrected chi connectivity index (χ4v) is 4.76. The molecule has 5 rings (SSSR count). The van der Waals surface area contributed by atoms with Gasteiger partial charge in [-0.3, -0.25) is 9.69 Å². The number of likely N-dealkylation sites (N-methyl/N-ethyl adjacent to an activating group) is 1. The Kier molecular flexibility index (Phi) is 5.53. The van der Waals surface area contributed by atoms with E-state index < -0.39 is 0 Å². The van der Waals surface area contributed by atoms with E-state index in [9.17, 15) is 4.79 Å². The van der Waals surface area contributed by atoms with Crippen LogP contribution in [0.2, 0.25) is 10.0 Å². The Morgan fingerprint density at radius 3 is 2.84 bits per heavy atom. The Morgan fingerprint density at radius 2 is 2.03 bits per heavy atom. The number of nitrogens with zero attached hydrogens (tertiary/aromatic N) is 1. The maximum atomic E-state index is 13.2. The summed E-state index contributed by atoms with van der Waals surface area (Å²) in [6.45, 7) is 0.977. The topological polar surface area (TPSA) is 61.1 Å². The van der Waals surface area contributed by atoms with Crippen molar-refractivity contribution in [2.45, 2.75) is 18.9 Å². The molecule has 1 aromatic heterocycles. The molecule has 3 aromatic rings. The number of halogens is 2. The molecule has 0 spiro atoms. The Balaban J connectivity index is 1.46. The van der Waals surface area contributed by atoms with Crippen molar-refractivity contribution in [2.24, 2.45) is 0 Å². The molecule has 0 N–H and O–H groups in total. The molecule has 3 heterocycles. The highest BCUT2D eigenvalue weighted by molar-refractivity contribution is 6.35. The highest BCUT2D eigenvalue weighted by Gasteiger charge is 2.35. The lowest BCUT2D eigenvalue weighted by Gasteiger charge is -2.35. The quantitative estimate of drug-likeness (QED) is 0.436. The Bertz CT molecular complexity index is 1210. The molecule has 32 heavy (non-hydrogen) atoms. The first-order valence-corrected chi connectivity index (χ1v) is 11.0. The van der Waals surface area contributed by atoms with Gasteiger partial charge >= 0.3 is 0 Å². The molecule has 6 nitrogen and oxygen atoms in total. The molecule has 0 saturated heterocycles. The third-order valence-corrected chi connectivity index (χ3v) is 6.56. The number of carbonyl (C=O) groups is 1. The lowest BCUT2D eigenvalue weighted by atomic mass is 9.88. The second kappa shape index (κ2) is 8.35. The summed E-state index contributed by atoms with van der Waals surface area (Å²) in [6, 6.07) is 10.4. The molecule has 2 aliphatic heterocycles. The smallest absolute Gasteiger partial charge is 0.231 e. The van der Waals surface area contributed by atoms with Crippen LogP contribution < -0.4 is 14.2 Å². The molecular formula is C24H21Cl2NO5. The third-order valence-electron chi connectivity index (χ3n) is 6.00. The standard InChI is InChI=1S/C24H21Cl2NO5/c1-27-8-7-13-9-21-23(31-12-30-21)24(29-2)22(13)17(27)11-18(28)20-6-5-19(32-20)15-10-14(25)3-4-16(15)26/h3-6,9-10,17H,7-8,11-12H2,1-2H3. The summed E-state index contributed by atoms with van der Waals surface area (Å²) in [5.74, 6) is 2.57. The highest BCUT2D eigenvalue weighted by atomic mass is 35.5. The van der Waals surface area contributed by atoms with Crippen LogP contribution in [-0.4, -0.2) is 38.2 Å². The maximum absolute atomic E-state index is 13.2. The number of methoxy groups -OCH3 is 1. The number of hydrogen-bond donors (Lipinski definition) is 0. The number of rotatable bonds is 5. The molecule has 0 amide bonds. The molecule has 166 valence electrons. The van der Waals surface area contributed by atoms with Crippen molar-refractivity contribution in [1.82, 2.24) is 4.90 Å². The third kappa shape index (κ3) is 3.62. The van der Waals surface area contributed by atoms with E-state index in [-0.39, 0.29) is 30.8 Å². The van der Waals surface area contributed by atoms with Gasteiger partial charge in [0.2, 0.25) is 12.5 Å². The first kappa shape index (κ1) is 21.2. The van der Waals surface area contributed by atoms with Crippen molar-refractivity contribution in [3.8, 4) is 28.6 Å². The molecule has 1 atom stereocenters. The summed E-state index contributed by atoms with van der Waals surface area (Å²) < 4.78 is 22.8. The van der Waals surface area contributed by atoms with Gasteiger partial charge in [-0.25, -0.2) is 0 Å². The first-order valence-electron chi connectivity index (χ1n) is 10.2. The number of ketones is 1. The van der Waals surface area contributed by atoms with Gasteiger partial charge in [-0.2, -0.15) is 0 Å². The van der Waals surface area contributed by atoms with Crippen LogP contribution >= 0.6 is 23.2 Å². The van der Waals surface area contributed by atoms with Crippen molar-refractivity contribution >= 4 is 29.0 Å². The largest absolute Gasteiger partial charge is 0.492 e. The van der Waals surface area contributed by atoms with Gasteiger partial charge in [0.15, 0.2) is 23.0 Å². The number of Topliss-reactive ketones (excluding diaryl/α,β-unsaturated/α-hetero) is 1. The van der Waals surface area contributed by atoms with Gasteiger partial charge in [0, 0.05) is 35.2 Å². The second-order valence-corrected chi connectivity index (χ2v) is 8.72. The zero-order chi connectivity index (χ0) is 22.4. The molecule has 0 radical (unpaired) electrons. The van der Waals surface area contributed by atoms with Crippen LogP contribution in [0.4, 0.5) is 0 Å². The van der Waals surface area contributed by atoms with Crippen LogP contribution in [-0.2, 0) is 6.42 Å². The van der Waals surface area contributed by atoms with Gasteiger partial charge in [-0.05, 0) is 55.4 Å². The fraction of sp³-hybridized carbons (Fsp3) is 0.292. The second-order valence-electron chi connectivity index (χ2n) is 7.88. The molecule has 2 aliphatic rings. The van der Waals surface area contributed by atoms with Crippen LogP contribution in [0.5, 0.6) is 17.2 Å². The number of hydrogen-bond acceptors (Lipinski definition) is 6. The molecule has 1 unspecified atom stereocenters. The summed E-state index contributed by atoms with van der Waals surface area (Å²) >= 11 is 12.4. The average Bonchev–Trinajstić information content (AvgIpc) is 3.45. The molecule has 0 bridgehead atoms. The number of ether oxygens (including phenoxy) is 3. The van der Waals surface area contributed by atoms with E-state index in [2.05, 4.69) is 4.90 Å². The molecule has 0 fully saturated rings. The van der Waals surface area contributed by atoms with E-state index in [1.807, 2.05) is 13.1 Å². The fourth-order valence-electron chi connectivity index (χ4n) is 4.38. The van der Waals surface area contributed by atoms with Gasteiger partial charge < -0.3 is 18.6 Å². The van der Waals surface area contributed by atoms with Crippen LogP contribution in [0.25, 0.3) is 11.3 Å². The lowest BCUT2D eigenvalue weighted by Crippen LogP contribution is -2.34. The monoisotopic (exact) mass is 473 g/mol. The molecule has 8 heteroatoms. The summed E-state index contributed by atoms with van der Waals surface area (Å²) in [6.07, 6.45) is 1.07. The Hall–Kier alpha value is -2.67. The van der Waals surface area contributed by atoms with Crippen molar-refractivity contribution < 1.29 is 23.4 Å². The number of benzene rings is 2. The summed E-state index contributed by atoms with van der Waals surface area (Å²) in [5.41, 5.74) is 2.71. The zero-order valence-electron chi connectivity index (χ0n) is 17.6. The summed E-state index contributed by atoms with van der Waals surface area (Å²) in [5, 5.41) is 1.05. The van der Waals surface area contributed by atoms with E-state index in [4.69, 9.17) is 41.8 Å².